The minimum absolute atomic E-state index is 0.116. The first kappa shape index (κ1) is 17.2. The molecule has 0 spiro atoms. The third-order valence-electron chi connectivity index (χ3n) is 4.25. The quantitative estimate of drug-likeness (QED) is 0.780. The molecule has 0 atom stereocenters. The Labute approximate surface area is 148 Å². The smallest absolute Gasteiger partial charge is 0.334 e. The molecule has 1 N–H and O–H groups in total. The molecule has 3 aromatic rings. The summed E-state index contributed by atoms with van der Waals surface area (Å²) in [6, 6.07) is 8.75. The largest absolute Gasteiger partial charge is 0.338 e. The summed E-state index contributed by atoms with van der Waals surface area (Å²) in [4.78, 5) is 43.4. The molecule has 0 aliphatic rings. The Morgan fingerprint density at radius 1 is 1.16 bits per heavy atom. The van der Waals surface area contributed by atoms with E-state index < -0.39 is 11.2 Å². The lowest BCUT2D eigenvalue weighted by atomic mass is 10.2. The number of nitrogens with zero attached hydrogens (tertiary/aromatic N) is 2. The van der Waals surface area contributed by atoms with Crippen molar-refractivity contribution in [2.45, 2.75) is 20.8 Å². The number of fused-ring (bicyclic) bond motifs is 1. The number of nitrogens with one attached hydrogen (secondary N) is 1. The highest BCUT2D eigenvalue weighted by molar-refractivity contribution is 7.20. The molecule has 2 heterocycles. The van der Waals surface area contributed by atoms with Crippen molar-refractivity contribution in [2.75, 3.05) is 13.1 Å². The van der Waals surface area contributed by atoms with Gasteiger partial charge in [0.2, 0.25) is 0 Å². The Bertz CT molecular complexity index is 1040. The zero-order valence-corrected chi connectivity index (χ0v) is 15.1. The molecule has 3 rings (SSSR count). The Morgan fingerprint density at radius 3 is 2.40 bits per heavy atom. The number of rotatable bonds is 4. The maximum absolute atomic E-state index is 12.9. The number of hydrogen-bond acceptors (Lipinski definition) is 4. The minimum atomic E-state index is -0.508. The average molecular weight is 357 g/mol. The number of carbonyl (C=O) groups is 1. The van der Waals surface area contributed by atoms with Crippen molar-refractivity contribution in [1.82, 2.24) is 14.5 Å². The third-order valence-corrected chi connectivity index (χ3v) is 5.44. The van der Waals surface area contributed by atoms with E-state index in [-0.39, 0.29) is 5.91 Å². The van der Waals surface area contributed by atoms with Gasteiger partial charge in [-0.3, -0.25) is 14.6 Å². The van der Waals surface area contributed by atoms with Gasteiger partial charge in [-0.25, -0.2) is 9.36 Å². The fourth-order valence-corrected chi connectivity index (χ4v) is 4.04. The molecule has 7 heteroatoms. The topological polar surface area (TPSA) is 75.2 Å². The van der Waals surface area contributed by atoms with Gasteiger partial charge in [0.25, 0.3) is 11.5 Å². The van der Waals surface area contributed by atoms with Crippen LogP contribution in [0.4, 0.5) is 0 Å². The highest BCUT2D eigenvalue weighted by atomic mass is 32.1. The highest BCUT2D eigenvalue weighted by Crippen LogP contribution is 2.27. The predicted molar refractivity (Wildman–Crippen MR) is 100 cm³/mol. The molecule has 0 bridgehead atoms. The fraction of sp³-hybridized carbons (Fsp3) is 0.278. The van der Waals surface area contributed by atoms with Crippen molar-refractivity contribution in [3.63, 3.8) is 0 Å². The average Bonchev–Trinajstić information content (AvgIpc) is 2.93. The Morgan fingerprint density at radius 2 is 1.80 bits per heavy atom. The summed E-state index contributed by atoms with van der Waals surface area (Å²) < 4.78 is 1.10. The van der Waals surface area contributed by atoms with Crippen LogP contribution in [0.5, 0.6) is 0 Å². The van der Waals surface area contributed by atoms with Gasteiger partial charge in [-0.2, -0.15) is 0 Å². The van der Waals surface area contributed by atoms with Crippen molar-refractivity contribution in [1.29, 1.82) is 0 Å². The first-order valence-corrected chi connectivity index (χ1v) is 8.94. The van der Waals surface area contributed by atoms with Crippen molar-refractivity contribution in [3.8, 4) is 5.69 Å². The molecule has 0 saturated heterocycles. The molecular weight excluding hydrogens is 338 g/mol. The second-order valence-corrected chi connectivity index (χ2v) is 6.66. The third kappa shape index (κ3) is 2.80. The number of benzene rings is 1. The van der Waals surface area contributed by atoms with Crippen LogP contribution >= 0.6 is 11.3 Å². The summed E-state index contributed by atoms with van der Waals surface area (Å²) in [6.45, 7) is 6.76. The fourth-order valence-electron chi connectivity index (χ4n) is 2.89. The molecule has 25 heavy (non-hydrogen) atoms. The van der Waals surface area contributed by atoms with Crippen LogP contribution in [0.15, 0.2) is 39.9 Å². The van der Waals surface area contributed by atoms with E-state index in [0.29, 0.717) is 39.4 Å². The van der Waals surface area contributed by atoms with Gasteiger partial charge in [0.1, 0.15) is 4.83 Å². The van der Waals surface area contributed by atoms with Gasteiger partial charge in [-0.1, -0.05) is 18.2 Å². The lowest BCUT2D eigenvalue weighted by Crippen LogP contribution is -2.33. The molecule has 2 aromatic heterocycles. The van der Waals surface area contributed by atoms with Gasteiger partial charge < -0.3 is 4.90 Å². The molecular formula is C18H19N3O3S. The minimum Gasteiger partial charge on any atom is -0.338 e. The number of para-hydroxylation sites is 1. The monoisotopic (exact) mass is 357 g/mol. The van der Waals surface area contributed by atoms with Crippen LogP contribution in [0.3, 0.4) is 0 Å². The number of H-pyrrole nitrogens is 1. The van der Waals surface area contributed by atoms with Crippen LogP contribution in [0.25, 0.3) is 15.9 Å². The van der Waals surface area contributed by atoms with Crippen molar-refractivity contribution in [2.24, 2.45) is 0 Å². The summed E-state index contributed by atoms with van der Waals surface area (Å²) in [5.74, 6) is -0.116. The molecule has 0 aliphatic heterocycles. The number of aromatic nitrogens is 2. The molecule has 0 aliphatic carbocycles. The second kappa shape index (κ2) is 6.68. The molecule has 130 valence electrons. The lowest BCUT2D eigenvalue weighted by molar-refractivity contribution is 0.0777. The van der Waals surface area contributed by atoms with Crippen molar-refractivity contribution in [3.05, 3.63) is 61.6 Å². The van der Waals surface area contributed by atoms with E-state index in [9.17, 15) is 14.4 Å². The maximum Gasteiger partial charge on any atom is 0.334 e. The summed E-state index contributed by atoms with van der Waals surface area (Å²) in [6.07, 6.45) is 0. The van der Waals surface area contributed by atoms with Gasteiger partial charge in [0, 0.05) is 13.1 Å². The van der Waals surface area contributed by atoms with E-state index in [1.54, 1.807) is 36.1 Å². The van der Waals surface area contributed by atoms with E-state index in [4.69, 9.17) is 0 Å². The van der Waals surface area contributed by atoms with Crippen LogP contribution in [0.1, 0.15) is 29.1 Å². The Hall–Kier alpha value is -2.67. The van der Waals surface area contributed by atoms with Gasteiger partial charge in [-0.15, -0.1) is 11.3 Å². The standard InChI is InChI=1S/C18H19N3O3S/c1-4-20(5-2)17(23)14-11(3)13-15(25-14)19-18(24)21(16(13)22)12-9-7-6-8-10-12/h6-10H,4-5H2,1-3H3,(H,19,24). The normalized spacial score (nSPS) is 11.0. The maximum atomic E-state index is 12.9. The number of hydrogen-bond donors (Lipinski definition) is 1. The van der Waals surface area contributed by atoms with Gasteiger partial charge in [0.05, 0.1) is 16.0 Å². The lowest BCUT2D eigenvalue weighted by Gasteiger charge is -2.17. The number of aromatic amines is 1. The first-order valence-electron chi connectivity index (χ1n) is 8.12. The summed E-state index contributed by atoms with van der Waals surface area (Å²) in [5.41, 5.74) is 0.199. The molecule has 6 nitrogen and oxygen atoms in total. The molecule has 0 fully saturated rings. The number of carbonyl (C=O) groups excluding carboxylic acids is 1. The van der Waals surface area contributed by atoms with Crippen molar-refractivity contribution < 1.29 is 4.79 Å². The second-order valence-electron chi connectivity index (χ2n) is 5.64. The van der Waals surface area contributed by atoms with Crippen LogP contribution in [-0.2, 0) is 0 Å². The van der Waals surface area contributed by atoms with Crippen LogP contribution < -0.4 is 11.2 Å². The van der Waals surface area contributed by atoms with E-state index in [0.717, 1.165) is 15.9 Å². The molecule has 1 aromatic carbocycles. The number of aryl methyl sites for hydroxylation is 1. The summed E-state index contributed by atoms with van der Waals surface area (Å²) in [5, 5.41) is 0.393. The first-order chi connectivity index (χ1) is 12.0. The van der Waals surface area contributed by atoms with Crippen LogP contribution in [-0.4, -0.2) is 33.4 Å². The molecule has 1 amide bonds. The van der Waals surface area contributed by atoms with Crippen LogP contribution in [0, 0.1) is 6.92 Å². The molecule has 0 unspecified atom stereocenters. The highest BCUT2D eigenvalue weighted by Gasteiger charge is 2.23. The summed E-state index contributed by atoms with van der Waals surface area (Å²) in [7, 11) is 0. The number of amides is 1. The molecule has 0 saturated carbocycles. The van der Waals surface area contributed by atoms with E-state index in [2.05, 4.69) is 4.98 Å². The zero-order valence-electron chi connectivity index (χ0n) is 14.3. The van der Waals surface area contributed by atoms with Gasteiger partial charge >= 0.3 is 5.69 Å². The van der Waals surface area contributed by atoms with Gasteiger partial charge in [-0.05, 0) is 38.5 Å². The van der Waals surface area contributed by atoms with E-state index >= 15 is 0 Å². The zero-order chi connectivity index (χ0) is 18.1. The van der Waals surface area contributed by atoms with Crippen LogP contribution in [0.2, 0.25) is 0 Å². The van der Waals surface area contributed by atoms with E-state index in [1.165, 1.54) is 0 Å². The predicted octanol–water partition coefficient (Wildman–Crippen LogP) is 2.53. The van der Waals surface area contributed by atoms with E-state index in [1.807, 2.05) is 19.9 Å². The SMILES string of the molecule is CCN(CC)C(=O)c1sc2[nH]c(=O)n(-c3ccccc3)c(=O)c2c1C. The van der Waals surface area contributed by atoms with Crippen molar-refractivity contribution >= 4 is 27.5 Å². The number of thiophene rings is 1. The summed E-state index contributed by atoms with van der Waals surface area (Å²) >= 11 is 1.16. The molecule has 0 radical (unpaired) electrons. The Balaban J connectivity index is 2.27. The Kier molecular flexibility index (Phi) is 4.59. The van der Waals surface area contributed by atoms with Gasteiger partial charge in [0.15, 0.2) is 0 Å².